The van der Waals surface area contributed by atoms with Gasteiger partial charge in [0.25, 0.3) is 5.56 Å². The van der Waals surface area contributed by atoms with Gasteiger partial charge in [-0.3, -0.25) is 9.36 Å². The highest BCUT2D eigenvalue weighted by atomic mass is 35.5. The quantitative estimate of drug-likeness (QED) is 0.264. The predicted octanol–water partition coefficient (Wildman–Crippen LogP) is 5.38. The van der Waals surface area contributed by atoms with E-state index in [2.05, 4.69) is 4.99 Å². The van der Waals surface area contributed by atoms with Crippen LogP contribution in [0, 0.1) is 0 Å². The van der Waals surface area contributed by atoms with E-state index in [1.165, 1.54) is 35.1 Å². The summed E-state index contributed by atoms with van der Waals surface area (Å²) in [6.07, 6.45) is 2.15. The van der Waals surface area contributed by atoms with Crippen molar-refractivity contribution in [3.63, 3.8) is 0 Å². The fraction of sp³-hybridized carbons (Fsp3) is 0.161. The smallest absolute Gasteiger partial charge is 0.338 e. The van der Waals surface area contributed by atoms with E-state index in [1.54, 1.807) is 30.3 Å². The summed E-state index contributed by atoms with van der Waals surface area (Å²) < 4.78 is 12.8. The van der Waals surface area contributed by atoms with Crippen LogP contribution in [0.3, 0.4) is 0 Å². The Kier molecular flexibility index (Phi) is 8.63. The van der Waals surface area contributed by atoms with Crippen molar-refractivity contribution in [3.8, 4) is 5.75 Å². The highest BCUT2D eigenvalue weighted by molar-refractivity contribution is 7.07. The number of rotatable bonds is 8. The first-order valence-corrected chi connectivity index (χ1v) is 14.4. The van der Waals surface area contributed by atoms with Gasteiger partial charge in [-0.2, -0.15) is 0 Å². The van der Waals surface area contributed by atoms with Crippen molar-refractivity contribution in [1.82, 2.24) is 4.57 Å². The predicted molar refractivity (Wildman–Crippen MR) is 161 cm³/mol. The number of thiazole rings is 1. The summed E-state index contributed by atoms with van der Waals surface area (Å²) in [5.74, 6) is -1.29. The van der Waals surface area contributed by atoms with Gasteiger partial charge in [-0.15, -0.1) is 0 Å². The number of hydrogen-bond acceptors (Lipinski definition) is 7. The molecule has 0 spiro atoms. The van der Waals surface area contributed by atoms with Crippen LogP contribution in [0.4, 0.5) is 0 Å². The van der Waals surface area contributed by atoms with Gasteiger partial charge in [-0.05, 0) is 53.5 Å². The number of halogens is 2. The fourth-order valence-corrected chi connectivity index (χ4v) is 6.30. The highest BCUT2D eigenvalue weighted by Gasteiger charge is 2.33. The first kappa shape index (κ1) is 29.3. The number of aromatic carboxylic acids is 1. The van der Waals surface area contributed by atoms with Crippen molar-refractivity contribution in [2.45, 2.75) is 26.0 Å². The number of ether oxygens (including phenoxy) is 2. The van der Waals surface area contributed by atoms with E-state index in [9.17, 15) is 14.4 Å². The van der Waals surface area contributed by atoms with E-state index in [0.717, 1.165) is 11.1 Å². The molecule has 2 heterocycles. The van der Waals surface area contributed by atoms with Gasteiger partial charge in [0.2, 0.25) is 0 Å². The molecule has 0 fully saturated rings. The Morgan fingerprint density at radius 2 is 1.74 bits per heavy atom. The fourth-order valence-electron chi connectivity index (χ4n) is 4.67. The third-order valence-electron chi connectivity index (χ3n) is 6.67. The summed E-state index contributed by atoms with van der Waals surface area (Å²) in [5.41, 5.74) is 2.82. The lowest BCUT2D eigenvalue weighted by Gasteiger charge is -2.25. The molecule has 3 aromatic carbocycles. The van der Waals surface area contributed by atoms with Gasteiger partial charge in [0.15, 0.2) is 10.6 Å². The zero-order chi connectivity index (χ0) is 30.0. The molecule has 0 saturated carbocycles. The molecule has 42 heavy (non-hydrogen) atoms. The molecule has 0 aliphatic carbocycles. The zero-order valence-electron chi connectivity index (χ0n) is 22.5. The number of methoxy groups -OCH3 is 1. The molecule has 1 aliphatic rings. The Balaban J connectivity index is 1.52. The normalized spacial score (nSPS) is 14.8. The Labute approximate surface area is 254 Å². The van der Waals surface area contributed by atoms with Crippen LogP contribution in [-0.2, 0) is 16.1 Å². The van der Waals surface area contributed by atoms with Gasteiger partial charge in [0.05, 0.1) is 44.6 Å². The maximum atomic E-state index is 13.8. The van der Waals surface area contributed by atoms with Crippen molar-refractivity contribution in [3.05, 3.63) is 130 Å². The Bertz CT molecular complexity index is 1870. The molecule has 4 aromatic rings. The van der Waals surface area contributed by atoms with Crippen molar-refractivity contribution in [2.75, 3.05) is 7.11 Å². The number of benzene rings is 3. The lowest BCUT2D eigenvalue weighted by molar-refractivity contribution is -0.136. The van der Waals surface area contributed by atoms with E-state index in [-0.39, 0.29) is 33.5 Å². The van der Waals surface area contributed by atoms with Gasteiger partial charge >= 0.3 is 11.9 Å². The Morgan fingerprint density at radius 3 is 2.33 bits per heavy atom. The number of fused-ring (bicyclic) bond motifs is 1. The second-order valence-corrected chi connectivity index (χ2v) is 11.1. The number of allylic oxidation sites excluding steroid dienone is 1. The van der Waals surface area contributed by atoms with Crippen LogP contribution in [0.2, 0.25) is 10.0 Å². The maximum Gasteiger partial charge on any atom is 0.338 e. The second kappa shape index (κ2) is 12.4. The molecular weight excluding hydrogens is 599 g/mol. The topological polar surface area (TPSA) is 107 Å². The highest BCUT2D eigenvalue weighted by Crippen LogP contribution is 2.35. The molecule has 11 heteroatoms. The average molecular weight is 624 g/mol. The zero-order valence-corrected chi connectivity index (χ0v) is 24.8. The molecule has 8 nitrogen and oxygen atoms in total. The number of aromatic nitrogens is 1. The van der Waals surface area contributed by atoms with Crippen LogP contribution in [0.5, 0.6) is 5.75 Å². The Morgan fingerprint density at radius 1 is 1.07 bits per heavy atom. The minimum Gasteiger partial charge on any atom is -0.486 e. The van der Waals surface area contributed by atoms with Gasteiger partial charge in [-0.25, -0.2) is 14.6 Å². The van der Waals surface area contributed by atoms with Crippen LogP contribution < -0.4 is 19.6 Å². The molecule has 0 bridgehead atoms. The monoisotopic (exact) mass is 622 g/mol. The van der Waals surface area contributed by atoms with Crippen molar-refractivity contribution in [2.24, 2.45) is 4.99 Å². The van der Waals surface area contributed by atoms with E-state index in [4.69, 9.17) is 37.8 Å². The standard InChI is InChI=1S/C31H24Cl2N2O6S/c1-3-23-25(30(39)40-2)26(19-7-5-4-6-8-19)35-28(36)24(42-31(35)34-23)15-18-13-21(32)27(22(33)14-18)41-16-17-9-11-20(12-10-17)29(37)38/h4-15,26H,3,16H2,1-2H3,(H,37,38)/b24-15-/t26-/m1/s1. The number of carboxylic acid groups (broad SMARTS) is 1. The van der Waals surface area contributed by atoms with Crippen molar-refractivity contribution >= 4 is 52.6 Å². The van der Waals surface area contributed by atoms with E-state index in [1.807, 2.05) is 37.3 Å². The van der Waals surface area contributed by atoms with Crippen molar-refractivity contribution < 1.29 is 24.2 Å². The molecule has 1 N–H and O–H groups in total. The molecule has 1 aromatic heterocycles. The molecule has 214 valence electrons. The first-order chi connectivity index (χ1) is 20.2. The number of carbonyl (C=O) groups is 2. The lowest BCUT2D eigenvalue weighted by Crippen LogP contribution is -2.40. The minimum atomic E-state index is -1.01. The summed E-state index contributed by atoms with van der Waals surface area (Å²) >= 11 is 14.2. The lowest BCUT2D eigenvalue weighted by atomic mass is 9.95. The van der Waals surface area contributed by atoms with E-state index < -0.39 is 18.0 Å². The number of carboxylic acids is 1. The van der Waals surface area contributed by atoms with E-state index in [0.29, 0.717) is 32.6 Å². The molecule has 0 saturated heterocycles. The van der Waals surface area contributed by atoms with E-state index >= 15 is 0 Å². The second-order valence-electron chi connectivity index (χ2n) is 9.30. The van der Waals surface area contributed by atoms with Gasteiger partial charge in [-0.1, -0.05) is 83.9 Å². The van der Waals surface area contributed by atoms with Crippen LogP contribution >= 0.6 is 34.5 Å². The molecule has 1 aliphatic heterocycles. The summed E-state index contributed by atoms with van der Waals surface area (Å²) in [6.45, 7) is 2.02. The molecule has 0 radical (unpaired) electrons. The van der Waals surface area contributed by atoms with Crippen molar-refractivity contribution in [1.29, 1.82) is 0 Å². The van der Waals surface area contributed by atoms with Crippen LogP contribution in [-0.4, -0.2) is 28.7 Å². The van der Waals surface area contributed by atoms with Gasteiger partial charge < -0.3 is 14.6 Å². The molecular formula is C31H24Cl2N2O6S. The van der Waals surface area contributed by atoms with Crippen LogP contribution in [0.1, 0.15) is 46.4 Å². The van der Waals surface area contributed by atoms with Crippen LogP contribution in [0.15, 0.2) is 87.8 Å². The summed E-state index contributed by atoms with van der Waals surface area (Å²) in [5, 5.41) is 9.56. The summed E-state index contributed by atoms with van der Waals surface area (Å²) in [7, 11) is 1.31. The SMILES string of the molecule is CCC1=C(C(=O)OC)[C@@H](c2ccccc2)n2c(s/c(=C\c3cc(Cl)c(OCc4ccc(C(=O)O)cc4)c(Cl)c3)c2=O)=N1. The molecule has 1 atom stereocenters. The van der Waals surface area contributed by atoms with Gasteiger partial charge in [0, 0.05) is 0 Å². The number of carbonyl (C=O) groups excluding carboxylic acids is 1. The van der Waals surface area contributed by atoms with Crippen LogP contribution in [0.25, 0.3) is 6.08 Å². The molecule has 5 rings (SSSR count). The maximum absolute atomic E-state index is 13.8. The third-order valence-corrected chi connectivity index (χ3v) is 8.21. The number of esters is 1. The first-order valence-electron chi connectivity index (χ1n) is 12.8. The largest absolute Gasteiger partial charge is 0.486 e. The minimum absolute atomic E-state index is 0.124. The molecule has 0 unspecified atom stereocenters. The number of hydrogen-bond donors (Lipinski definition) is 1. The average Bonchev–Trinajstić information content (AvgIpc) is 3.30. The summed E-state index contributed by atoms with van der Waals surface area (Å²) in [6, 6.07) is 18.2. The molecule has 0 amide bonds. The number of nitrogens with zero attached hydrogens (tertiary/aromatic N) is 2. The third kappa shape index (κ3) is 5.76. The van der Waals surface area contributed by atoms with Gasteiger partial charge in [0.1, 0.15) is 6.61 Å². The Hall–Kier alpha value is -4.18. The summed E-state index contributed by atoms with van der Waals surface area (Å²) in [4.78, 5) is 42.9.